The molecule has 0 aromatic rings. The van der Waals surface area contributed by atoms with Crippen LogP contribution in [0, 0.1) is 0 Å². The molecule has 3 aliphatic heterocycles. The lowest BCUT2D eigenvalue weighted by atomic mass is 9.85. The lowest BCUT2D eigenvalue weighted by molar-refractivity contribution is -0.119. The number of ether oxygens (including phenoxy) is 1. The van der Waals surface area contributed by atoms with E-state index in [4.69, 9.17) is 4.74 Å². The first-order chi connectivity index (χ1) is 8.19. The summed E-state index contributed by atoms with van der Waals surface area (Å²) in [6.07, 6.45) is 13.3. The molecule has 0 atom stereocenters. The van der Waals surface area contributed by atoms with E-state index in [0.717, 1.165) is 0 Å². The van der Waals surface area contributed by atoms with Gasteiger partial charge in [-0.3, -0.25) is 0 Å². The minimum atomic E-state index is 0.123. The first kappa shape index (κ1) is 13.2. The van der Waals surface area contributed by atoms with Crippen molar-refractivity contribution in [1.82, 2.24) is 0 Å². The van der Waals surface area contributed by atoms with E-state index in [9.17, 15) is 0 Å². The van der Waals surface area contributed by atoms with Crippen LogP contribution < -0.4 is 0 Å². The van der Waals surface area contributed by atoms with Crippen LogP contribution in [-0.4, -0.2) is 11.2 Å². The van der Waals surface area contributed by atoms with Crippen LogP contribution in [0.3, 0.4) is 0 Å². The Balaban J connectivity index is 2.05. The molecule has 0 aromatic heterocycles. The second kappa shape index (κ2) is 4.93. The third-order valence-electron chi connectivity index (χ3n) is 4.71. The highest BCUT2D eigenvalue weighted by Gasteiger charge is 2.53. The topological polar surface area (TPSA) is 9.23 Å². The second-order valence-corrected chi connectivity index (χ2v) is 8.00. The van der Waals surface area contributed by atoms with Gasteiger partial charge in [-0.25, -0.2) is 0 Å². The Bertz CT molecular complexity index is 304. The lowest BCUT2D eigenvalue weighted by Gasteiger charge is -2.40. The van der Waals surface area contributed by atoms with Crippen LogP contribution in [0.1, 0.15) is 64.2 Å². The predicted octanol–water partition coefficient (Wildman–Crippen LogP) is 5.50. The van der Waals surface area contributed by atoms with Gasteiger partial charge in [0.25, 0.3) is 0 Å². The molecule has 3 heterocycles. The van der Waals surface area contributed by atoms with E-state index in [1.807, 2.05) is 0 Å². The molecule has 3 heteroatoms. The van der Waals surface area contributed by atoms with Crippen LogP contribution in [0.25, 0.3) is 0 Å². The van der Waals surface area contributed by atoms with Crippen molar-refractivity contribution in [2.75, 3.05) is 0 Å². The Hall–Kier alpha value is 1.16. The molecule has 0 radical (unpaired) electrons. The maximum atomic E-state index is 6.75. The maximum Gasteiger partial charge on any atom is 0.101 e. The molecule has 0 N–H and O–H groups in total. The molecule has 96 valence electrons. The number of hydrogen-bond acceptors (Lipinski definition) is 1. The van der Waals surface area contributed by atoms with Crippen LogP contribution in [-0.2, 0) is 4.74 Å². The summed E-state index contributed by atoms with van der Waals surface area (Å²) in [4.78, 5) is 0. The van der Waals surface area contributed by atoms with Crippen LogP contribution in [0.2, 0.25) is 0 Å². The van der Waals surface area contributed by atoms with Crippen LogP contribution in [0.4, 0.5) is 0 Å². The van der Waals surface area contributed by atoms with Crippen LogP contribution >= 0.6 is 45.2 Å². The van der Waals surface area contributed by atoms with Gasteiger partial charge in [-0.05, 0) is 70.9 Å². The van der Waals surface area contributed by atoms with Gasteiger partial charge < -0.3 is 4.74 Å². The van der Waals surface area contributed by atoms with Crippen molar-refractivity contribution in [2.24, 2.45) is 0 Å². The standard InChI is InChI=1S/C14H20I2O/c15-11-12(16)14-8-4-1-3-7-13(11,17-14)9-5-2-6-10-14/h1-10H2. The van der Waals surface area contributed by atoms with E-state index in [-0.39, 0.29) is 11.2 Å². The molecule has 0 aliphatic carbocycles. The highest BCUT2D eigenvalue weighted by molar-refractivity contribution is 14.1. The van der Waals surface area contributed by atoms with E-state index < -0.39 is 0 Å². The average Bonchev–Trinajstić information content (AvgIpc) is 2.49. The summed E-state index contributed by atoms with van der Waals surface area (Å²) in [7, 11) is 0. The summed E-state index contributed by atoms with van der Waals surface area (Å²) in [5.74, 6) is 0. The number of hydrogen-bond donors (Lipinski definition) is 0. The molecule has 17 heavy (non-hydrogen) atoms. The Labute approximate surface area is 131 Å². The molecule has 0 saturated carbocycles. The van der Waals surface area contributed by atoms with Gasteiger partial charge in [-0.2, -0.15) is 0 Å². The van der Waals surface area contributed by atoms with Gasteiger partial charge in [0.05, 0.1) is 0 Å². The zero-order valence-corrected chi connectivity index (χ0v) is 14.6. The van der Waals surface area contributed by atoms with Gasteiger partial charge in [-0.1, -0.05) is 38.5 Å². The minimum absolute atomic E-state index is 0.123. The summed E-state index contributed by atoms with van der Waals surface area (Å²) >= 11 is 5.19. The van der Waals surface area contributed by atoms with Gasteiger partial charge in [0.2, 0.25) is 0 Å². The van der Waals surface area contributed by atoms with Crippen molar-refractivity contribution in [3.63, 3.8) is 0 Å². The van der Waals surface area contributed by atoms with Gasteiger partial charge in [0, 0.05) is 7.16 Å². The van der Waals surface area contributed by atoms with Crippen molar-refractivity contribution in [3.05, 3.63) is 7.16 Å². The van der Waals surface area contributed by atoms with Gasteiger partial charge in [0.1, 0.15) is 11.2 Å². The maximum absolute atomic E-state index is 6.75. The van der Waals surface area contributed by atoms with Crippen LogP contribution in [0.15, 0.2) is 7.16 Å². The Morgan fingerprint density at radius 2 is 1.00 bits per heavy atom. The van der Waals surface area contributed by atoms with Crippen molar-refractivity contribution in [1.29, 1.82) is 0 Å². The SMILES string of the molecule is IC1=C(I)C23CCCCCC1(CCCCC2)O3. The molecule has 2 fully saturated rings. The number of rotatable bonds is 0. The van der Waals surface area contributed by atoms with Gasteiger partial charge in [-0.15, -0.1) is 0 Å². The molecule has 0 amide bonds. The predicted molar refractivity (Wildman–Crippen MR) is 87.8 cm³/mol. The fraction of sp³-hybridized carbons (Fsp3) is 0.857. The third-order valence-corrected chi connectivity index (χ3v) is 8.78. The minimum Gasteiger partial charge on any atom is -0.358 e. The van der Waals surface area contributed by atoms with E-state index in [2.05, 4.69) is 45.2 Å². The molecule has 2 saturated heterocycles. The van der Waals surface area contributed by atoms with E-state index in [0.29, 0.717) is 0 Å². The molecule has 3 rings (SSSR count). The Kier molecular flexibility index (Phi) is 3.81. The zero-order chi connectivity index (χ0) is 11.9. The zero-order valence-electron chi connectivity index (χ0n) is 10.2. The summed E-state index contributed by atoms with van der Waals surface area (Å²) in [5.41, 5.74) is 0.246. The summed E-state index contributed by atoms with van der Waals surface area (Å²) in [6, 6.07) is 0. The average molecular weight is 458 g/mol. The van der Waals surface area contributed by atoms with E-state index in [1.54, 1.807) is 7.16 Å². The van der Waals surface area contributed by atoms with E-state index >= 15 is 0 Å². The smallest absolute Gasteiger partial charge is 0.101 e. The largest absolute Gasteiger partial charge is 0.358 e. The van der Waals surface area contributed by atoms with Gasteiger partial charge in [0.15, 0.2) is 0 Å². The highest BCUT2D eigenvalue weighted by Crippen LogP contribution is 2.58. The van der Waals surface area contributed by atoms with Crippen LogP contribution in [0.5, 0.6) is 0 Å². The molecule has 0 spiro atoms. The molecule has 3 aliphatic rings. The molecule has 0 aromatic carbocycles. The van der Waals surface area contributed by atoms with Crippen molar-refractivity contribution >= 4 is 45.2 Å². The Morgan fingerprint density at radius 3 is 1.35 bits per heavy atom. The van der Waals surface area contributed by atoms with Crippen molar-refractivity contribution in [2.45, 2.75) is 75.4 Å². The van der Waals surface area contributed by atoms with E-state index in [1.165, 1.54) is 64.2 Å². The molecule has 2 bridgehead atoms. The first-order valence-electron chi connectivity index (χ1n) is 6.95. The fourth-order valence-corrected chi connectivity index (χ4v) is 6.03. The molecule has 1 nitrogen and oxygen atoms in total. The lowest BCUT2D eigenvalue weighted by Crippen LogP contribution is -2.40. The van der Waals surface area contributed by atoms with Crippen molar-refractivity contribution in [3.8, 4) is 0 Å². The summed E-state index contributed by atoms with van der Waals surface area (Å²) < 4.78 is 9.86. The molecular formula is C14H20I2O. The van der Waals surface area contributed by atoms with Gasteiger partial charge >= 0.3 is 0 Å². The first-order valence-corrected chi connectivity index (χ1v) is 9.11. The molecule has 0 unspecified atom stereocenters. The number of halogens is 2. The normalized spacial score (nSPS) is 42.7. The monoisotopic (exact) mass is 458 g/mol. The third kappa shape index (κ3) is 2.12. The second-order valence-electron chi connectivity index (χ2n) is 5.84. The summed E-state index contributed by atoms with van der Waals surface area (Å²) in [6.45, 7) is 0. The van der Waals surface area contributed by atoms with Crippen molar-refractivity contribution < 1.29 is 4.74 Å². The summed E-state index contributed by atoms with van der Waals surface area (Å²) in [5, 5.41) is 0. The Morgan fingerprint density at radius 1 is 0.647 bits per heavy atom. The highest BCUT2D eigenvalue weighted by atomic mass is 127. The fourth-order valence-electron chi connectivity index (χ4n) is 3.75. The molecular weight excluding hydrogens is 438 g/mol. The quantitative estimate of drug-likeness (QED) is 0.436.